The number of aryl methyl sites for hydroxylation is 2. The highest BCUT2D eigenvalue weighted by atomic mass is 35.5. The van der Waals surface area contributed by atoms with Crippen molar-refractivity contribution < 1.29 is 18.0 Å². The SMILES string of the molecule is CCn1cc(C(=O)NCCCn2nc(C(F)(F)F)c(Cl)c2C2CC2)cn1. The number of nitrogens with zero attached hydrogens (tertiary/aromatic N) is 4. The third-order valence-corrected chi connectivity index (χ3v) is 4.59. The Kier molecular flexibility index (Phi) is 5.27. The highest BCUT2D eigenvalue weighted by Crippen LogP contribution is 2.46. The van der Waals surface area contributed by atoms with Crippen LogP contribution in [0.15, 0.2) is 12.4 Å². The normalized spacial score (nSPS) is 14.7. The van der Waals surface area contributed by atoms with Crippen molar-refractivity contribution in [2.75, 3.05) is 6.54 Å². The molecule has 1 aliphatic rings. The van der Waals surface area contributed by atoms with Crippen molar-refractivity contribution in [3.05, 3.63) is 34.4 Å². The zero-order chi connectivity index (χ0) is 18.9. The van der Waals surface area contributed by atoms with Crippen LogP contribution in [0, 0.1) is 0 Å². The van der Waals surface area contributed by atoms with Gasteiger partial charge in [0.2, 0.25) is 0 Å². The van der Waals surface area contributed by atoms with E-state index in [0.717, 1.165) is 12.8 Å². The predicted octanol–water partition coefficient (Wildman–Crippen LogP) is 3.47. The van der Waals surface area contributed by atoms with Gasteiger partial charge in [0.25, 0.3) is 5.91 Å². The summed E-state index contributed by atoms with van der Waals surface area (Å²) in [6.45, 7) is 3.16. The van der Waals surface area contributed by atoms with Gasteiger partial charge >= 0.3 is 6.18 Å². The summed E-state index contributed by atoms with van der Waals surface area (Å²) in [5.41, 5.74) is -0.126. The lowest BCUT2D eigenvalue weighted by Crippen LogP contribution is -2.25. The molecule has 2 aromatic rings. The molecule has 1 saturated carbocycles. The van der Waals surface area contributed by atoms with Gasteiger partial charge in [-0.25, -0.2) is 0 Å². The molecule has 3 rings (SSSR count). The second-order valence-electron chi connectivity index (χ2n) is 6.24. The minimum absolute atomic E-state index is 0.0422. The van der Waals surface area contributed by atoms with E-state index in [1.54, 1.807) is 10.9 Å². The van der Waals surface area contributed by atoms with Gasteiger partial charge in [-0.3, -0.25) is 14.2 Å². The van der Waals surface area contributed by atoms with Crippen molar-refractivity contribution in [3.63, 3.8) is 0 Å². The molecule has 26 heavy (non-hydrogen) atoms. The summed E-state index contributed by atoms with van der Waals surface area (Å²) >= 11 is 5.93. The first-order valence-electron chi connectivity index (χ1n) is 8.45. The first-order chi connectivity index (χ1) is 12.3. The molecule has 1 amide bonds. The molecule has 0 aliphatic heterocycles. The first kappa shape index (κ1) is 18.8. The molecule has 0 spiro atoms. The number of nitrogens with one attached hydrogen (secondary N) is 1. The molecule has 142 valence electrons. The van der Waals surface area contributed by atoms with Gasteiger partial charge in [0.05, 0.1) is 22.5 Å². The number of halogens is 4. The average Bonchev–Trinajstić information content (AvgIpc) is 3.18. The molecule has 2 aromatic heterocycles. The lowest BCUT2D eigenvalue weighted by Gasteiger charge is -2.07. The van der Waals surface area contributed by atoms with Crippen molar-refractivity contribution in [2.24, 2.45) is 0 Å². The number of hydrogen-bond donors (Lipinski definition) is 1. The van der Waals surface area contributed by atoms with Gasteiger partial charge in [-0.1, -0.05) is 11.6 Å². The quantitative estimate of drug-likeness (QED) is 0.737. The van der Waals surface area contributed by atoms with Crippen LogP contribution in [0.25, 0.3) is 0 Å². The molecular weight excluding hydrogens is 371 g/mol. The molecular formula is C16H19ClF3N5O. The Labute approximate surface area is 153 Å². The molecule has 0 unspecified atom stereocenters. The molecule has 6 nitrogen and oxygen atoms in total. The molecule has 1 N–H and O–H groups in total. The zero-order valence-electron chi connectivity index (χ0n) is 14.2. The molecule has 2 heterocycles. The summed E-state index contributed by atoms with van der Waals surface area (Å²) in [6, 6.07) is 0. The van der Waals surface area contributed by atoms with Crippen LogP contribution < -0.4 is 5.32 Å². The smallest absolute Gasteiger partial charge is 0.352 e. The maximum absolute atomic E-state index is 13.0. The fourth-order valence-electron chi connectivity index (χ4n) is 2.74. The molecule has 0 bridgehead atoms. The Morgan fingerprint density at radius 2 is 2.15 bits per heavy atom. The molecule has 0 saturated heterocycles. The Morgan fingerprint density at radius 3 is 2.73 bits per heavy atom. The number of amides is 1. The Bertz CT molecular complexity index is 794. The topological polar surface area (TPSA) is 64.7 Å². The maximum atomic E-state index is 13.0. The van der Waals surface area contributed by atoms with E-state index in [9.17, 15) is 18.0 Å². The molecule has 0 radical (unpaired) electrons. The summed E-state index contributed by atoms with van der Waals surface area (Å²) in [5, 5.41) is 10.1. The van der Waals surface area contributed by atoms with Crippen LogP contribution in [0.3, 0.4) is 0 Å². The zero-order valence-corrected chi connectivity index (χ0v) is 14.9. The Hall–Kier alpha value is -2.03. The monoisotopic (exact) mass is 389 g/mol. The van der Waals surface area contributed by atoms with Gasteiger partial charge in [-0.05, 0) is 26.2 Å². The number of alkyl halides is 3. The number of rotatable bonds is 7. The van der Waals surface area contributed by atoms with Crippen LogP contribution in [0.4, 0.5) is 13.2 Å². The van der Waals surface area contributed by atoms with Crippen LogP contribution in [0.5, 0.6) is 0 Å². The number of aromatic nitrogens is 4. The van der Waals surface area contributed by atoms with E-state index in [0.29, 0.717) is 30.8 Å². The van der Waals surface area contributed by atoms with Crippen molar-refractivity contribution in [1.82, 2.24) is 24.9 Å². The fourth-order valence-corrected chi connectivity index (χ4v) is 3.13. The second kappa shape index (κ2) is 7.30. The van der Waals surface area contributed by atoms with Gasteiger partial charge in [0.1, 0.15) is 0 Å². The predicted molar refractivity (Wildman–Crippen MR) is 89.1 cm³/mol. The lowest BCUT2D eigenvalue weighted by molar-refractivity contribution is -0.141. The van der Waals surface area contributed by atoms with Gasteiger partial charge < -0.3 is 5.32 Å². The number of hydrogen-bond acceptors (Lipinski definition) is 3. The highest BCUT2D eigenvalue weighted by molar-refractivity contribution is 6.32. The van der Waals surface area contributed by atoms with Crippen molar-refractivity contribution >= 4 is 17.5 Å². The van der Waals surface area contributed by atoms with Crippen LogP contribution in [-0.4, -0.2) is 32.0 Å². The molecule has 1 aliphatic carbocycles. The first-order valence-corrected chi connectivity index (χ1v) is 8.83. The largest absolute Gasteiger partial charge is 0.436 e. The van der Waals surface area contributed by atoms with E-state index in [1.807, 2.05) is 6.92 Å². The van der Waals surface area contributed by atoms with E-state index in [-0.39, 0.29) is 23.4 Å². The second-order valence-corrected chi connectivity index (χ2v) is 6.62. The fraction of sp³-hybridized carbons (Fsp3) is 0.562. The Morgan fingerprint density at radius 1 is 1.42 bits per heavy atom. The van der Waals surface area contributed by atoms with Crippen molar-refractivity contribution in [3.8, 4) is 0 Å². The molecule has 0 aromatic carbocycles. The summed E-state index contributed by atoms with van der Waals surface area (Å²) in [4.78, 5) is 12.0. The third kappa shape index (κ3) is 4.03. The van der Waals surface area contributed by atoms with Crippen molar-refractivity contribution in [2.45, 2.75) is 51.4 Å². The summed E-state index contributed by atoms with van der Waals surface area (Å²) in [7, 11) is 0. The molecule has 1 fully saturated rings. The lowest BCUT2D eigenvalue weighted by atomic mass is 10.2. The van der Waals surface area contributed by atoms with E-state index in [2.05, 4.69) is 15.5 Å². The van der Waals surface area contributed by atoms with E-state index in [4.69, 9.17) is 11.6 Å². The standard InChI is InChI=1S/C16H19ClF3N5O/c1-2-24-9-11(8-22-24)15(26)21-6-3-7-25-13(10-4-5-10)12(17)14(23-25)16(18,19)20/h8-10H,2-7H2,1H3,(H,21,26). The summed E-state index contributed by atoms with van der Waals surface area (Å²) in [6.07, 6.45) is 0.639. The van der Waals surface area contributed by atoms with Crippen LogP contribution in [0.1, 0.15) is 53.8 Å². The third-order valence-electron chi connectivity index (χ3n) is 4.22. The van der Waals surface area contributed by atoms with Crippen LogP contribution in [0.2, 0.25) is 5.02 Å². The minimum Gasteiger partial charge on any atom is -0.352 e. The number of carbonyl (C=O) groups excluding carboxylic acids is 1. The van der Waals surface area contributed by atoms with Crippen molar-refractivity contribution in [1.29, 1.82) is 0 Å². The minimum atomic E-state index is -4.57. The van der Waals surface area contributed by atoms with Gasteiger partial charge in [0.15, 0.2) is 5.69 Å². The number of carbonyl (C=O) groups is 1. The van der Waals surface area contributed by atoms with E-state index < -0.39 is 11.9 Å². The van der Waals surface area contributed by atoms with Crippen LogP contribution in [-0.2, 0) is 19.3 Å². The Balaban J connectivity index is 1.58. The average molecular weight is 390 g/mol. The molecule has 10 heteroatoms. The van der Waals surface area contributed by atoms with Gasteiger partial charge in [-0.15, -0.1) is 0 Å². The maximum Gasteiger partial charge on any atom is 0.436 e. The summed E-state index contributed by atoms with van der Waals surface area (Å²) < 4.78 is 42.0. The highest BCUT2D eigenvalue weighted by Gasteiger charge is 2.41. The van der Waals surface area contributed by atoms with E-state index >= 15 is 0 Å². The van der Waals surface area contributed by atoms with Crippen LogP contribution >= 0.6 is 11.6 Å². The van der Waals surface area contributed by atoms with Gasteiger partial charge in [-0.2, -0.15) is 23.4 Å². The molecule has 0 atom stereocenters. The summed E-state index contributed by atoms with van der Waals surface area (Å²) in [5.74, 6) is -0.220. The van der Waals surface area contributed by atoms with Gasteiger partial charge in [0, 0.05) is 31.7 Å². The van der Waals surface area contributed by atoms with E-state index in [1.165, 1.54) is 10.9 Å².